The molecule has 1 N–H and O–H groups in total. The molecule has 1 aliphatic heterocycles. The largest absolute Gasteiger partial charge is 0.372 e. The van der Waals surface area contributed by atoms with Crippen molar-refractivity contribution in [2.24, 2.45) is 0 Å². The van der Waals surface area contributed by atoms with Gasteiger partial charge in [-0.2, -0.15) is 5.10 Å². The number of nitrogens with one attached hydrogen (secondary N) is 1. The molecule has 4 aromatic rings. The van der Waals surface area contributed by atoms with Gasteiger partial charge in [-0.3, -0.25) is 4.79 Å². The quantitative estimate of drug-likeness (QED) is 0.371. The molecule has 1 aromatic carbocycles. The van der Waals surface area contributed by atoms with Crippen molar-refractivity contribution >= 4 is 44.2 Å². The molecule has 2 atom stereocenters. The Morgan fingerprint density at radius 1 is 1.00 bits per heavy atom. The van der Waals surface area contributed by atoms with Crippen LogP contribution in [-0.2, 0) is 21.1 Å². The number of hydrogen-bond donors (Lipinski definition) is 1. The Morgan fingerprint density at radius 3 is 2.49 bits per heavy atom. The van der Waals surface area contributed by atoms with Crippen LogP contribution in [0.15, 0.2) is 59.5 Å². The Labute approximate surface area is 231 Å². The predicted octanol–water partition coefficient (Wildman–Crippen LogP) is 3.69. The number of pyridine rings is 2. The molecule has 1 saturated heterocycles. The van der Waals surface area contributed by atoms with E-state index in [1.165, 1.54) is 18.2 Å². The van der Waals surface area contributed by atoms with Crippen LogP contribution in [0.5, 0.6) is 0 Å². The highest BCUT2D eigenvalue weighted by Crippen LogP contribution is 2.25. The van der Waals surface area contributed by atoms with E-state index in [4.69, 9.17) is 26.3 Å². The first-order valence-electron chi connectivity index (χ1n) is 12.4. The molecule has 3 aromatic heterocycles. The zero-order valence-corrected chi connectivity index (χ0v) is 23.2. The lowest BCUT2D eigenvalue weighted by atomic mass is 10.2. The number of morpholine rings is 1. The third-order valence-corrected chi connectivity index (χ3v) is 7.83. The normalized spacial score (nSPS) is 17.8. The molecular weight excluding hydrogens is 540 g/mol. The van der Waals surface area contributed by atoms with Crippen LogP contribution in [0.1, 0.15) is 29.9 Å². The van der Waals surface area contributed by atoms with Gasteiger partial charge in [0.25, 0.3) is 5.91 Å². The molecule has 0 aliphatic carbocycles. The zero-order chi connectivity index (χ0) is 27.7. The molecule has 4 heterocycles. The van der Waals surface area contributed by atoms with Gasteiger partial charge in [-0.25, -0.2) is 18.4 Å². The molecule has 0 saturated carbocycles. The Kier molecular flexibility index (Phi) is 7.48. The number of carbonyl (C=O) groups is 1. The number of aromatic nitrogens is 4. The number of sulfone groups is 1. The van der Waals surface area contributed by atoms with E-state index in [9.17, 15) is 13.2 Å². The van der Waals surface area contributed by atoms with Crippen molar-refractivity contribution in [1.29, 1.82) is 0 Å². The number of nitrogens with zero attached hydrogens (tertiary/aromatic N) is 5. The summed E-state index contributed by atoms with van der Waals surface area (Å²) in [6.45, 7) is 5.72. The summed E-state index contributed by atoms with van der Waals surface area (Å²) in [5.74, 6) is 0.404. The highest BCUT2D eigenvalue weighted by atomic mass is 35.5. The van der Waals surface area contributed by atoms with E-state index in [1.807, 2.05) is 30.3 Å². The summed E-state index contributed by atoms with van der Waals surface area (Å²) in [4.78, 5) is 24.4. The van der Waals surface area contributed by atoms with Crippen molar-refractivity contribution in [1.82, 2.24) is 25.5 Å². The summed E-state index contributed by atoms with van der Waals surface area (Å²) in [5.41, 5.74) is 3.31. The fourth-order valence-electron chi connectivity index (χ4n) is 4.50. The third kappa shape index (κ3) is 6.16. The van der Waals surface area contributed by atoms with Gasteiger partial charge in [0.15, 0.2) is 9.84 Å². The van der Waals surface area contributed by atoms with Crippen LogP contribution in [0.2, 0.25) is 5.02 Å². The summed E-state index contributed by atoms with van der Waals surface area (Å²) in [7, 11) is -3.58. The fourth-order valence-corrected chi connectivity index (χ4v) is 5.80. The zero-order valence-electron chi connectivity index (χ0n) is 21.6. The van der Waals surface area contributed by atoms with Gasteiger partial charge in [0.2, 0.25) is 0 Å². The number of halogens is 1. The molecular formula is C27H27ClN6O4S. The van der Waals surface area contributed by atoms with Crippen molar-refractivity contribution in [3.05, 3.63) is 70.9 Å². The number of hydrogen-bond acceptors (Lipinski definition) is 9. The molecule has 0 unspecified atom stereocenters. The topological polar surface area (TPSA) is 127 Å². The van der Waals surface area contributed by atoms with E-state index >= 15 is 0 Å². The second kappa shape index (κ2) is 10.8. The second-order valence-corrected chi connectivity index (χ2v) is 12.0. The van der Waals surface area contributed by atoms with Gasteiger partial charge in [0, 0.05) is 24.9 Å². The molecule has 0 radical (unpaired) electrons. The second-order valence-electron chi connectivity index (χ2n) is 9.58. The first-order chi connectivity index (χ1) is 18.6. The van der Waals surface area contributed by atoms with E-state index in [1.54, 1.807) is 6.07 Å². The number of anilines is 1. The Morgan fingerprint density at radius 2 is 1.74 bits per heavy atom. The maximum absolute atomic E-state index is 12.7. The van der Waals surface area contributed by atoms with Gasteiger partial charge >= 0.3 is 0 Å². The van der Waals surface area contributed by atoms with Crippen LogP contribution in [0.3, 0.4) is 0 Å². The molecule has 0 spiro atoms. The van der Waals surface area contributed by atoms with Crippen molar-refractivity contribution in [2.45, 2.75) is 37.5 Å². The van der Waals surface area contributed by atoms with Crippen LogP contribution in [-0.4, -0.2) is 66.0 Å². The van der Waals surface area contributed by atoms with E-state index < -0.39 is 15.7 Å². The van der Waals surface area contributed by atoms with Crippen molar-refractivity contribution < 1.29 is 17.9 Å². The van der Waals surface area contributed by atoms with Crippen molar-refractivity contribution in [3.63, 3.8) is 0 Å². The smallest absolute Gasteiger partial charge is 0.251 e. The number of fused-ring (bicyclic) bond motifs is 1. The average molecular weight is 567 g/mol. The van der Waals surface area contributed by atoms with Crippen LogP contribution in [0, 0.1) is 0 Å². The van der Waals surface area contributed by atoms with Gasteiger partial charge in [-0.05, 0) is 62.4 Å². The Bertz CT molecular complexity index is 1660. The van der Waals surface area contributed by atoms with Crippen LogP contribution < -0.4 is 10.2 Å². The SMILES string of the molecule is C[C@@H]1CN(c2cccc(-c3ccc4nnc(CNC(=O)c5ccc(Cl)c(S(C)(=O)=O)c5)cc4n3)n2)C[C@H](C)O1. The van der Waals surface area contributed by atoms with Crippen LogP contribution >= 0.6 is 11.6 Å². The van der Waals surface area contributed by atoms with Crippen LogP contribution in [0.25, 0.3) is 22.4 Å². The van der Waals surface area contributed by atoms with E-state index in [0.29, 0.717) is 22.4 Å². The number of benzene rings is 1. The monoisotopic (exact) mass is 566 g/mol. The van der Waals surface area contributed by atoms with Crippen molar-refractivity contribution in [3.8, 4) is 11.4 Å². The molecule has 0 bridgehead atoms. The summed E-state index contributed by atoms with van der Waals surface area (Å²) in [5, 5.41) is 11.2. The fraction of sp³-hybridized carbons (Fsp3) is 0.296. The van der Waals surface area contributed by atoms with Gasteiger partial charge in [-0.15, -0.1) is 5.10 Å². The minimum absolute atomic E-state index is 0.0606. The summed E-state index contributed by atoms with van der Waals surface area (Å²) in [6.07, 6.45) is 1.28. The Balaban J connectivity index is 1.34. The molecule has 1 fully saturated rings. The molecule has 39 heavy (non-hydrogen) atoms. The highest BCUT2D eigenvalue weighted by molar-refractivity contribution is 7.90. The minimum Gasteiger partial charge on any atom is -0.372 e. The van der Waals surface area contributed by atoms with E-state index in [0.717, 1.165) is 30.9 Å². The number of ether oxygens (including phenoxy) is 1. The number of rotatable bonds is 6. The van der Waals surface area contributed by atoms with Crippen molar-refractivity contribution in [2.75, 3.05) is 24.2 Å². The minimum atomic E-state index is -3.58. The van der Waals surface area contributed by atoms with Gasteiger partial charge in [0.1, 0.15) is 11.3 Å². The summed E-state index contributed by atoms with van der Waals surface area (Å²) >= 11 is 5.98. The molecule has 1 aliphatic rings. The van der Waals surface area contributed by atoms with Gasteiger partial charge in [-0.1, -0.05) is 17.7 Å². The number of amides is 1. The lowest BCUT2D eigenvalue weighted by Crippen LogP contribution is -2.45. The lowest BCUT2D eigenvalue weighted by molar-refractivity contribution is -0.00545. The maximum atomic E-state index is 12.7. The third-order valence-electron chi connectivity index (χ3n) is 6.26. The van der Waals surface area contributed by atoms with Crippen LogP contribution in [0.4, 0.5) is 5.82 Å². The highest BCUT2D eigenvalue weighted by Gasteiger charge is 2.23. The van der Waals surface area contributed by atoms with Gasteiger partial charge < -0.3 is 15.0 Å². The number of carbonyl (C=O) groups excluding carboxylic acids is 1. The van der Waals surface area contributed by atoms with E-state index in [2.05, 4.69) is 34.3 Å². The predicted molar refractivity (Wildman–Crippen MR) is 149 cm³/mol. The summed E-state index contributed by atoms with van der Waals surface area (Å²) in [6, 6.07) is 15.4. The standard InChI is InChI=1S/C27H27ClN6O4S/c1-16-14-34(15-17(2)38-16)26-6-4-5-21(31-26)22-9-10-23-24(30-22)12-19(32-33-23)13-29-27(35)18-7-8-20(28)25(11-18)39(3,36)37/h4-12,16-17H,13-15H2,1-3H3,(H,29,35)/t16-,17+. The van der Waals surface area contributed by atoms with E-state index in [-0.39, 0.29) is 34.2 Å². The Hall–Kier alpha value is -3.67. The average Bonchev–Trinajstić information content (AvgIpc) is 2.90. The first kappa shape index (κ1) is 26.9. The van der Waals surface area contributed by atoms with Gasteiger partial charge in [0.05, 0.1) is 51.3 Å². The molecule has 202 valence electrons. The maximum Gasteiger partial charge on any atom is 0.251 e. The molecule has 12 heteroatoms. The lowest BCUT2D eigenvalue weighted by Gasteiger charge is -2.36. The summed E-state index contributed by atoms with van der Waals surface area (Å²) < 4.78 is 29.7. The molecule has 1 amide bonds. The first-order valence-corrected chi connectivity index (χ1v) is 14.6. The molecule has 5 rings (SSSR count). The molecule has 10 nitrogen and oxygen atoms in total.